The van der Waals surface area contributed by atoms with Crippen LogP contribution in [0.5, 0.6) is 5.75 Å². The first-order valence-electron chi connectivity index (χ1n) is 15.7. The van der Waals surface area contributed by atoms with E-state index in [4.69, 9.17) is 19.8 Å². The molecular formula is C35H33F3N6O2S. The van der Waals surface area contributed by atoms with Crippen molar-refractivity contribution >= 4 is 32.5 Å². The van der Waals surface area contributed by atoms with Crippen molar-refractivity contribution < 1.29 is 23.0 Å². The quantitative estimate of drug-likeness (QED) is 0.193. The fourth-order valence-corrected chi connectivity index (χ4v) is 7.79. The zero-order valence-corrected chi connectivity index (χ0v) is 27.1. The Morgan fingerprint density at radius 1 is 1.02 bits per heavy atom. The third-order valence-corrected chi connectivity index (χ3v) is 10.5. The van der Waals surface area contributed by atoms with Gasteiger partial charge in [-0.1, -0.05) is 6.07 Å². The lowest BCUT2D eigenvalue weighted by atomic mass is 9.83. The second kappa shape index (κ2) is 11.2. The van der Waals surface area contributed by atoms with Gasteiger partial charge in [-0.2, -0.15) is 5.10 Å². The van der Waals surface area contributed by atoms with E-state index in [9.17, 15) is 9.50 Å². The van der Waals surface area contributed by atoms with E-state index in [1.165, 1.54) is 16.7 Å². The summed E-state index contributed by atoms with van der Waals surface area (Å²) in [5.74, 6) is -1.41. The molecule has 242 valence electrons. The van der Waals surface area contributed by atoms with Gasteiger partial charge in [-0.3, -0.25) is 4.68 Å². The molecule has 6 aromatic rings. The van der Waals surface area contributed by atoms with Gasteiger partial charge in [0.25, 0.3) is 0 Å². The van der Waals surface area contributed by atoms with Crippen LogP contribution in [0.2, 0.25) is 0 Å². The Morgan fingerprint density at radius 2 is 1.83 bits per heavy atom. The predicted octanol–water partition coefficient (Wildman–Crippen LogP) is 7.48. The number of thiophene rings is 1. The third-order valence-electron chi connectivity index (χ3n) is 9.59. The number of nitrogens with one attached hydrogen (secondary N) is 1. The van der Waals surface area contributed by atoms with E-state index in [-0.39, 0.29) is 52.6 Å². The summed E-state index contributed by atoms with van der Waals surface area (Å²) in [6.45, 7) is 6.89. The maximum atomic E-state index is 16.2. The topological polar surface area (TPSA) is 90.0 Å². The van der Waals surface area contributed by atoms with Gasteiger partial charge in [-0.15, -0.1) is 11.3 Å². The number of halogens is 3. The molecule has 1 saturated carbocycles. The number of hydrogen-bond donors (Lipinski definition) is 2. The molecule has 0 amide bonds. The zero-order chi connectivity index (χ0) is 32.7. The first kappa shape index (κ1) is 30.1. The average Bonchev–Trinajstić information content (AvgIpc) is 3.72. The molecule has 1 fully saturated rings. The molecule has 2 aromatic carbocycles. The molecule has 5 heterocycles. The predicted molar refractivity (Wildman–Crippen MR) is 176 cm³/mol. The molecule has 1 aliphatic heterocycles. The molecule has 8 rings (SSSR count). The Morgan fingerprint density at radius 3 is 2.60 bits per heavy atom. The SMILES string of the molecule is Cc1nc2cc(-c3nc(-c4cc5n(n4)[C@@H](C)CN[C@@H]5C)c(-c4c(F)cc(F)cc4OCC4CC(O)C4)c4c(F)csc34)ccc2n1C. The highest BCUT2D eigenvalue weighted by Gasteiger charge is 2.32. The molecule has 8 nitrogen and oxygen atoms in total. The van der Waals surface area contributed by atoms with Crippen molar-refractivity contribution in [1.29, 1.82) is 0 Å². The highest BCUT2D eigenvalue weighted by molar-refractivity contribution is 7.17. The third kappa shape index (κ3) is 4.92. The van der Waals surface area contributed by atoms with Crippen molar-refractivity contribution in [1.82, 2.24) is 29.6 Å². The molecule has 0 spiro atoms. The molecule has 47 heavy (non-hydrogen) atoms. The van der Waals surface area contributed by atoms with Gasteiger partial charge in [0.15, 0.2) is 0 Å². The molecule has 2 N–H and O–H groups in total. The minimum absolute atomic E-state index is 0.00827. The number of ether oxygens (including phenoxy) is 1. The molecule has 12 heteroatoms. The van der Waals surface area contributed by atoms with Crippen LogP contribution in [-0.4, -0.2) is 48.7 Å². The normalized spacial score (nSPS) is 20.9. The van der Waals surface area contributed by atoms with Crippen LogP contribution in [-0.2, 0) is 7.05 Å². The van der Waals surface area contributed by atoms with Crippen molar-refractivity contribution in [3.63, 3.8) is 0 Å². The van der Waals surface area contributed by atoms with Crippen molar-refractivity contribution in [2.75, 3.05) is 13.2 Å². The molecule has 2 aliphatic rings. The fraction of sp³-hybridized carbons (Fsp3) is 0.343. The summed E-state index contributed by atoms with van der Waals surface area (Å²) in [6, 6.07) is 9.67. The number of aliphatic hydroxyl groups is 1. The molecule has 4 aromatic heterocycles. The van der Waals surface area contributed by atoms with Gasteiger partial charge in [-0.25, -0.2) is 23.1 Å². The number of aryl methyl sites for hydroxylation is 2. The first-order valence-corrected chi connectivity index (χ1v) is 16.6. The lowest BCUT2D eigenvalue weighted by molar-refractivity contribution is 0.0203. The monoisotopic (exact) mass is 658 g/mol. The lowest BCUT2D eigenvalue weighted by Gasteiger charge is -2.31. The number of aromatic nitrogens is 5. The summed E-state index contributed by atoms with van der Waals surface area (Å²) in [5, 5.41) is 19.8. The molecule has 0 unspecified atom stereocenters. The standard InChI is InChI=1S/C35H33F3N6O2S/c1-16-13-39-17(2)28-12-26(42-44(16)28)34-32(30-23(37)10-21(36)11-29(30)46-14-19-7-22(45)8-19)31-24(38)15-47-35(31)33(41-34)20-5-6-27-25(9-20)40-18(3)43(27)4/h5-6,9-12,15-17,19,22,39,45H,7-8,13-14H2,1-4H3/t16-,17+,19?,22?/m0/s1. The molecule has 0 radical (unpaired) electrons. The average molecular weight is 659 g/mol. The zero-order valence-electron chi connectivity index (χ0n) is 26.3. The van der Waals surface area contributed by atoms with Crippen molar-refractivity contribution in [3.05, 3.63) is 70.7 Å². The van der Waals surface area contributed by atoms with Gasteiger partial charge in [0.1, 0.15) is 40.4 Å². The van der Waals surface area contributed by atoms with Crippen LogP contribution in [0.4, 0.5) is 13.2 Å². The Bertz CT molecular complexity index is 2170. The second-order valence-corrected chi connectivity index (χ2v) is 13.7. The van der Waals surface area contributed by atoms with E-state index in [0.717, 1.165) is 40.2 Å². The number of aliphatic hydroxyl groups excluding tert-OH is 1. The van der Waals surface area contributed by atoms with E-state index in [2.05, 4.69) is 5.32 Å². The summed E-state index contributed by atoms with van der Waals surface area (Å²) in [6.07, 6.45) is 0.682. The van der Waals surface area contributed by atoms with Gasteiger partial charge in [0, 0.05) is 53.7 Å². The maximum absolute atomic E-state index is 16.2. The molecule has 1 aliphatic carbocycles. The largest absolute Gasteiger partial charge is 0.492 e. The number of pyridine rings is 1. The number of benzene rings is 2. The van der Waals surface area contributed by atoms with Gasteiger partial charge < -0.3 is 19.7 Å². The van der Waals surface area contributed by atoms with Crippen molar-refractivity contribution in [2.45, 2.75) is 51.8 Å². The molecule has 0 saturated heterocycles. The van der Waals surface area contributed by atoms with Gasteiger partial charge >= 0.3 is 0 Å². The second-order valence-electron chi connectivity index (χ2n) is 12.8. The van der Waals surface area contributed by atoms with Crippen LogP contribution >= 0.6 is 11.3 Å². The van der Waals surface area contributed by atoms with Crippen molar-refractivity contribution in [2.24, 2.45) is 13.0 Å². The molecule has 2 atom stereocenters. The molecular weight excluding hydrogens is 625 g/mol. The van der Waals surface area contributed by atoms with E-state index < -0.39 is 23.6 Å². The van der Waals surface area contributed by atoms with Gasteiger partial charge in [-0.05, 0) is 57.7 Å². The van der Waals surface area contributed by atoms with E-state index >= 15 is 8.78 Å². The Balaban J connectivity index is 1.41. The van der Waals surface area contributed by atoms with Crippen LogP contribution in [0.25, 0.3) is 54.9 Å². The van der Waals surface area contributed by atoms with Crippen LogP contribution in [0, 0.1) is 30.3 Å². The first-order chi connectivity index (χ1) is 22.6. The minimum atomic E-state index is -0.894. The summed E-state index contributed by atoms with van der Waals surface area (Å²) in [7, 11) is 1.95. The number of fused-ring (bicyclic) bond motifs is 3. The summed E-state index contributed by atoms with van der Waals surface area (Å²) in [4.78, 5) is 9.86. The molecule has 0 bridgehead atoms. The maximum Gasteiger partial charge on any atom is 0.142 e. The Labute approximate surface area is 272 Å². The minimum Gasteiger partial charge on any atom is -0.492 e. The highest BCUT2D eigenvalue weighted by Crippen LogP contribution is 2.48. The number of imidazole rings is 1. The number of rotatable bonds is 6. The summed E-state index contributed by atoms with van der Waals surface area (Å²) in [5.41, 5.74) is 4.65. The smallest absolute Gasteiger partial charge is 0.142 e. The number of nitrogens with zero attached hydrogens (tertiary/aromatic N) is 5. The Kier molecular flexibility index (Phi) is 7.16. The van der Waals surface area contributed by atoms with E-state index in [0.29, 0.717) is 35.5 Å². The van der Waals surface area contributed by atoms with E-state index in [1.54, 1.807) is 0 Å². The van der Waals surface area contributed by atoms with Crippen LogP contribution < -0.4 is 10.1 Å². The van der Waals surface area contributed by atoms with Crippen LogP contribution in [0.1, 0.15) is 50.3 Å². The summed E-state index contributed by atoms with van der Waals surface area (Å²) < 4.78 is 57.6. The lowest BCUT2D eigenvalue weighted by Crippen LogP contribution is -2.34. The van der Waals surface area contributed by atoms with E-state index in [1.807, 2.05) is 61.3 Å². The van der Waals surface area contributed by atoms with Gasteiger partial charge in [0.2, 0.25) is 0 Å². The van der Waals surface area contributed by atoms with Crippen LogP contribution in [0.3, 0.4) is 0 Å². The highest BCUT2D eigenvalue weighted by atomic mass is 32.1. The number of hydrogen-bond acceptors (Lipinski definition) is 7. The Hall–Kier alpha value is -4.26. The van der Waals surface area contributed by atoms with Gasteiger partial charge in [0.05, 0.1) is 51.4 Å². The summed E-state index contributed by atoms with van der Waals surface area (Å²) >= 11 is 1.17. The van der Waals surface area contributed by atoms with Crippen LogP contribution in [0.15, 0.2) is 41.8 Å². The fourth-order valence-electron chi connectivity index (χ4n) is 6.86. The van der Waals surface area contributed by atoms with Crippen molar-refractivity contribution in [3.8, 4) is 39.5 Å².